The molecule has 2 heterocycles. The highest BCUT2D eigenvalue weighted by atomic mass is 16.5. The van der Waals surface area contributed by atoms with E-state index >= 15 is 0 Å². The molecule has 0 bridgehead atoms. The van der Waals surface area contributed by atoms with Crippen molar-refractivity contribution in [1.82, 2.24) is 0 Å². The Morgan fingerprint density at radius 1 is 0.857 bits per heavy atom. The van der Waals surface area contributed by atoms with Gasteiger partial charge >= 0.3 is 0 Å². The van der Waals surface area contributed by atoms with E-state index in [0.717, 1.165) is 51.4 Å². The number of carbonyl (C=O) groups excluding carboxylic acids is 1. The van der Waals surface area contributed by atoms with Crippen LogP contribution in [0.2, 0.25) is 0 Å². The first-order valence-corrected chi connectivity index (χ1v) is 14.0. The molecule has 0 amide bonds. The third kappa shape index (κ3) is 4.69. The minimum atomic E-state index is -0.791. The minimum absolute atomic E-state index is 0.0239. The van der Waals surface area contributed by atoms with E-state index in [1.165, 1.54) is 5.57 Å². The van der Waals surface area contributed by atoms with Crippen molar-refractivity contribution in [2.45, 2.75) is 148 Å². The van der Waals surface area contributed by atoms with Gasteiger partial charge < -0.3 is 19.7 Å². The fourth-order valence-electron chi connectivity index (χ4n) is 8.28. The Morgan fingerprint density at radius 3 is 2.20 bits per heavy atom. The van der Waals surface area contributed by atoms with Crippen LogP contribution >= 0.6 is 0 Å². The molecule has 5 heteroatoms. The Labute approximate surface area is 213 Å². The van der Waals surface area contributed by atoms with Gasteiger partial charge in [-0.05, 0) is 110 Å². The van der Waals surface area contributed by atoms with E-state index in [-0.39, 0.29) is 40.7 Å². The highest BCUT2D eigenvalue weighted by Gasteiger charge is 2.57. The molecule has 2 N–H and O–H groups in total. The van der Waals surface area contributed by atoms with Gasteiger partial charge in [-0.25, -0.2) is 0 Å². The monoisotopic (exact) mass is 490 g/mol. The summed E-state index contributed by atoms with van der Waals surface area (Å²) >= 11 is 0. The van der Waals surface area contributed by atoms with Gasteiger partial charge in [0.1, 0.15) is 5.60 Å². The average Bonchev–Trinajstić information content (AvgIpc) is 2.90. The van der Waals surface area contributed by atoms with Gasteiger partial charge in [-0.3, -0.25) is 4.79 Å². The first kappa shape index (κ1) is 27.3. The van der Waals surface area contributed by atoms with Gasteiger partial charge in [-0.15, -0.1) is 0 Å². The highest BCUT2D eigenvalue weighted by Crippen LogP contribution is 2.58. The first-order valence-electron chi connectivity index (χ1n) is 14.0. The summed E-state index contributed by atoms with van der Waals surface area (Å²) in [6, 6.07) is 0. The summed E-state index contributed by atoms with van der Waals surface area (Å²) in [6.45, 7) is 18.9. The van der Waals surface area contributed by atoms with Crippen LogP contribution in [0.4, 0.5) is 0 Å². The smallest absolute Gasteiger partial charge is 0.164 e. The molecule has 2 aliphatic carbocycles. The standard InChI is InChI=1S/C30H50O5/c1-19-9-12-24-28(6,16-13-22(31)26(2,3)34-24)20(19)10-11-21-29(7)17-14-23(32)27(4,5)35-25(29)15-18-30(21,8)33/h20-22,24-25,31,33H,1,9-18H2,2-8H3/t20-,21+,22+,24+,25+,28+,29+,30-/m1/s1. The predicted molar refractivity (Wildman–Crippen MR) is 138 cm³/mol. The van der Waals surface area contributed by atoms with Gasteiger partial charge in [0.05, 0.1) is 29.5 Å². The number of ketones is 1. The van der Waals surface area contributed by atoms with Gasteiger partial charge in [-0.1, -0.05) is 26.0 Å². The number of aliphatic hydroxyl groups excluding tert-OH is 1. The summed E-state index contributed by atoms with van der Waals surface area (Å²) in [5.74, 6) is 0.493. The van der Waals surface area contributed by atoms with E-state index in [2.05, 4.69) is 20.4 Å². The fraction of sp³-hybridized carbons (Fsp3) is 0.900. The second kappa shape index (κ2) is 8.92. The van der Waals surface area contributed by atoms with Crippen molar-refractivity contribution in [3.63, 3.8) is 0 Å². The van der Waals surface area contributed by atoms with Crippen LogP contribution in [0.1, 0.15) is 113 Å². The summed E-state index contributed by atoms with van der Waals surface area (Å²) < 4.78 is 13.1. The molecule has 0 unspecified atom stereocenters. The molecule has 0 aromatic carbocycles. The molecule has 0 spiro atoms. The summed E-state index contributed by atoms with van der Waals surface area (Å²) in [7, 11) is 0. The van der Waals surface area contributed by atoms with Crippen LogP contribution in [0.3, 0.4) is 0 Å². The molecule has 0 aromatic rings. The van der Waals surface area contributed by atoms with Crippen molar-refractivity contribution >= 4 is 5.78 Å². The van der Waals surface area contributed by atoms with Crippen molar-refractivity contribution in [3.8, 4) is 0 Å². The quantitative estimate of drug-likeness (QED) is 0.493. The van der Waals surface area contributed by atoms with Gasteiger partial charge in [0.15, 0.2) is 5.78 Å². The lowest BCUT2D eigenvalue weighted by Crippen LogP contribution is -2.56. The maximum Gasteiger partial charge on any atom is 0.164 e. The number of fused-ring (bicyclic) bond motifs is 2. The summed E-state index contributed by atoms with van der Waals surface area (Å²) in [4.78, 5) is 12.8. The van der Waals surface area contributed by atoms with Crippen LogP contribution in [0.25, 0.3) is 0 Å². The van der Waals surface area contributed by atoms with E-state index in [1.807, 2.05) is 34.6 Å². The zero-order valence-corrected chi connectivity index (χ0v) is 23.3. The molecule has 4 fully saturated rings. The Bertz CT molecular complexity index is 844. The van der Waals surface area contributed by atoms with Crippen molar-refractivity contribution < 1.29 is 24.5 Å². The second-order valence-corrected chi connectivity index (χ2v) is 14.1. The predicted octanol–water partition coefficient (Wildman–Crippen LogP) is 5.75. The topological polar surface area (TPSA) is 76.0 Å². The average molecular weight is 491 g/mol. The number of carbonyl (C=O) groups is 1. The van der Waals surface area contributed by atoms with E-state index in [4.69, 9.17) is 9.47 Å². The minimum Gasteiger partial charge on any atom is -0.390 e. The Kier molecular flexibility index (Phi) is 6.96. The summed E-state index contributed by atoms with van der Waals surface area (Å²) in [5, 5.41) is 22.4. The summed E-state index contributed by atoms with van der Waals surface area (Å²) in [5.41, 5.74) is -1.15. The number of Topliss-reactive ketones (excluding diaryl/α,β-unsaturated/α-hetero) is 1. The molecule has 2 saturated heterocycles. The Balaban J connectivity index is 1.60. The Hall–Kier alpha value is -0.750. The fourth-order valence-corrected chi connectivity index (χ4v) is 8.28. The lowest BCUT2D eigenvalue weighted by molar-refractivity contribution is -0.197. The summed E-state index contributed by atoms with van der Waals surface area (Å²) in [6.07, 6.45) is 7.70. The zero-order chi connectivity index (χ0) is 26.0. The molecular formula is C30H50O5. The third-order valence-electron chi connectivity index (χ3n) is 10.9. The molecule has 0 aromatic heterocycles. The molecular weight excluding hydrogens is 440 g/mol. The zero-order valence-electron chi connectivity index (χ0n) is 23.3. The first-order chi connectivity index (χ1) is 16.0. The largest absolute Gasteiger partial charge is 0.390 e. The van der Waals surface area contributed by atoms with Crippen molar-refractivity contribution in [2.75, 3.05) is 0 Å². The number of aliphatic hydroxyl groups is 2. The number of hydrogen-bond acceptors (Lipinski definition) is 5. The van der Waals surface area contributed by atoms with Gasteiger partial charge in [0.25, 0.3) is 0 Å². The molecule has 200 valence electrons. The lowest BCUT2D eigenvalue weighted by atomic mass is 9.54. The van der Waals surface area contributed by atoms with Crippen molar-refractivity contribution in [2.24, 2.45) is 22.7 Å². The van der Waals surface area contributed by atoms with Crippen LogP contribution in [0, 0.1) is 22.7 Å². The number of ether oxygens (including phenoxy) is 2. The number of rotatable bonds is 3. The molecule has 2 saturated carbocycles. The molecule has 0 radical (unpaired) electrons. The molecule has 2 aliphatic heterocycles. The van der Waals surface area contributed by atoms with Gasteiger partial charge in [0.2, 0.25) is 0 Å². The second-order valence-electron chi connectivity index (χ2n) is 14.1. The van der Waals surface area contributed by atoms with E-state index in [9.17, 15) is 15.0 Å². The van der Waals surface area contributed by atoms with Crippen LogP contribution < -0.4 is 0 Å². The number of allylic oxidation sites excluding steroid dienone is 1. The maximum atomic E-state index is 12.8. The normalized spacial score (nSPS) is 47.9. The third-order valence-corrected chi connectivity index (χ3v) is 10.9. The van der Waals surface area contributed by atoms with E-state index in [0.29, 0.717) is 12.8 Å². The highest BCUT2D eigenvalue weighted by molar-refractivity contribution is 5.86. The van der Waals surface area contributed by atoms with Crippen molar-refractivity contribution in [3.05, 3.63) is 12.2 Å². The molecule has 35 heavy (non-hydrogen) atoms. The van der Waals surface area contributed by atoms with Crippen LogP contribution in [0.5, 0.6) is 0 Å². The van der Waals surface area contributed by atoms with Gasteiger partial charge in [-0.2, -0.15) is 0 Å². The van der Waals surface area contributed by atoms with E-state index < -0.39 is 22.9 Å². The van der Waals surface area contributed by atoms with Gasteiger partial charge in [0, 0.05) is 11.8 Å². The number of hydrogen-bond donors (Lipinski definition) is 2. The molecule has 4 rings (SSSR count). The van der Waals surface area contributed by atoms with Crippen LogP contribution in [-0.4, -0.2) is 51.1 Å². The van der Waals surface area contributed by atoms with Crippen LogP contribution in [-0.2, 0) is 14.3 Å². The van der Waals surface area contributed by atoms with Crippen LogP contribution in [0.15, 0.2) is 12.2 Å². The molecule has 5 nitrogen and oxygen atoms in total. The maximum absolute atomic E-state index is 12.8. The lowest BCUT2D eigenvalue weighted by Gasteiger charge is -2.55. The Morgan fingerprint density at radius 2 is 1.51 bits per heavy atom. The van der Waals surface area contributed by atoms with E-state index in [1.54, 1.807) is 0 Å². The van der Waals surface area contributed by atoms with Crippen molar-refractivity contribution in [1.29, 1.82) is 0 Å². The SMILES string of the molecule is C=C1CC[C@@H]2OC(C)(C)[C@@H](O)CC[C@@]2(C)[C@@H]1CC[C@H]1[C@]2(C)CCC(=O)C(C)(C)O[C@H]2CC[C@@]1(C)O. The molecule has 8 atom stereocenters. The molecule has 4 aliphatic rings.